The molecule has 14 aromatic rings. The first-order valence-electron chi connectivity index (χ1n) is 41.7. The molecule has 0 saturated heterocycles. The van der Waals surface area contributed by atoms with Crippen LogP contribution in [-0.2, 0) is 31.9 Å². The number of fused-ring (bicyclic) bond motifs is 4. The molecular weight excluding hydrogens is 1270 g/mol. The quantitative estimate of drug-likeness (QED) is 0.0529. The molecule has 0 N–H and O–H groups in total. The molecule has 0 radical (unpaired) electrons. The van der Waals surface area contributed by atoms with Crippen LogP contribution in [0.3, 0.4) is 0 Å². The van der Waals surface area contributed by atoms with Gasteiger partial charge in [0, 0.05) is 54.0 Å². The van der Waals surface area contributed by atoms with E-state index >= 15 is 0 Å². The molecule has 14 rings (SSSR count). The van der Waals surface area contributed by atoms with Gasteiger partial charge in [-0.05, 0) is 106 Å². The molecule has 0 aliphatic heterocycles. The van der Waals surface area contributed by atoms with Crippen LogP contribution in [0, 0.1) is 25.3 Å². The number of hydrogen-bond donors (Lipinski definition) is 0. The van der Waals surface area contributed by atoms with E-state index in [1.54, 1.807) is 65.2 Å². The van der Waals surface area contributed by atoms with Crippen LogP contribution in [0.5, 0.6) is 11.5 Å². The second-order valence-electron chi connectivity index (χ2n) is 22.8. The minimum atomic E-state index is -5.86. The molecule has 3 aromatic heterocycles. The number of aryl methyl sites for hydroxylation is 1. The van der Waals surface area contributed by atoms with Crippen LogP contribution in [-0.4, -0.2) is 22.2 Å². The van der Waals surface area contributed by atoms with E-state index in [0.717, 1.165) is 17.3 Å². The van der Waals surface area contributed by atoms with Gasteiger partial charge in [0.25, 0.3) is 6.33 Å². The zero-order chi connectivity index (χ0) is 83.7. The maximum atomic E-state index is 9.91. The normalized spacial score (nSPS) is 16.6. The topological polar surface area (TPSA) is 35.9 Å². The van der Waals surface area contributed by atoms with Crippen LogP contribution in [0.4, 0.5) is 0 Å². The molecule has 5 nitrogen and oxygen atoms in total. The van der Waals surface area contributed by atoms with Gasteiger partial charge in [0.05, 0.1) is 51.0 Å². The molecule has 0 bridgehead atoms. The molecule has 7 heteroatoms. The van der Waals surface area contributed by atoms with Crippen molar-refractivity contribution in [2.75, 3.05) is 0 Å². The Labute approximate surface area is 571 Å². The van der Waals surface area contributed by atoms with Gasteiger partial charge in [-0.2, -0.15) is 18.2 Å². The number of pyridine rings is 1. The van der Waals surface area contributed by atoms with Crippen LogP contribution < -0.4 is 30.1 Å². The number of nitrogens with zero attached hydrogens (tertiary/aromatic N) is 4. The first-order valence-corrected chi connectivity index (χ1v) is 29.7. The maximum Gasteiger partial charge on any atom is 0.268 e. The summed E-state index contributed by atoms with van der Waals surface area (Å²) in [5.74, 6) is 0.0312. The van der Waals surface area contributed by atoms with E-state index in [1.165, 1.54) is 39.5 Å². The van der Waals surface area contributed by atoms with Crippen LogP contribution in [0.2, 0.25) is 0 Å². The average Bonchev–Trinajstić information content (AvgIpc) is 0.822. The molecule has 0 aliphatic rings. The fourth-order valence-corrected chi connectivity index (χ4v) is 14.9. The van der Waals surface area contributed by atoms with E-state index in [2.05, 4.69) is 24.5 Å². The summed E-state index contributed by atoms with van der Waals surface area (Å²) < 4.78 is 268. The van der Waals surface area contributed by atoms with Crippen LogP contribution >= 0.6 is 0 Å². The van der Waals surface area contributed by atoms with E-state index in [0.29, 0.717) is 32.9 Å². The van der Waals surface area contributed by atoms with Crippen molar-refractivity contribution in [1.29, 1.82) is 0 Å². The van der Waals surface area contributed by atoms with Gasteiger partial charge in [-0.1, -0.05) is 271 Å². The first kappa shape index (κ1) is 33.6. The first-order chi connectivity index (χ1) is 53.9. The predicted octanol–water partition coefficient (Wildman–Crippen LogP) is 16.9. The van der Waals surface area contributed by atoms with Crippen molar-refractivity contribution < 1.29 is 68.8 Å². The summed E-state index contributed by atoms with van der Waals surface area (Å²) in [5.41, 5.74) is 1.70. The van der Waals surface area contributed by atoms with Crippen LogP contribution in [0.1, 0.15) is 96.6 Å². The Bertz CT molecular complexity index is 6220. The van der Waals surface area contributed by atoms with Crippen molar-refractivity contribution in [2.45, 2.75) is 59.2 Å². The van der Waals surface area contributed by atoms with Crippen molar-refractivity contribution >= 4 is 61.7 Å². The summed E-state index contributed by atoms with van der Waals surface area (Å²) in [4.78, 5) is 4.70. The van der Waals surface area contributed by atoms with Crippen molar-refractivity contribution in [1.82, 2.24) is 14.1 Å². The number of rotatable bonds is 12. The van der Waals surface area contributed by atoms with E-state index < -0.39 is 192 Å². The molecule has 88 heavy (non-hydrogen) atoms. The van der Waals surface area contributed by atoms with Gasteiger partial charge < -0.3 is 13.9 Å². The minimum absolute atomic E-state index is 0. The third-order valence-electron chi connectivity index (χ3n) is 15.4. The third-order valence-corrected chi connectivity index (χ3v) is 19.6. The van der Waals surface area contributed by atoms with Gasteiger partial charge in [0.15, 0.2) is 8.07 Å². The molecule has 0 saturated carbocycles. The number of para-hydroxylation sites is 2. The van der Waals surface area contributed by atoms with Crippen LogP contribution in [0.15, 0.2) is 273 Å². The van der Waals surface area contributed by atoms with Crippen LogP contribution in [0.25, 0.3) is 83.4 Å². The fourth-order valence-electron chi connectivity index (χ4n) is 11.1. The molecular formula is C81H66N4OPtSi-2. The van der Waals surface area contributed by atoms with Gasteiger partial charge >= 0.3 is 0 Å². The summed E-state index contributed by atoms with van der Waals surface area (Å²) in [7, 11) is -5.86. The number of ether oxygens (including phenoxy) is 1. The Balaban J connectivity index is 0.0000117. The number of aromatic nitrogens is 4. The second kappa shape index (κ2) is 23.3. The molecule has 0 unspecified atom stereocenters. The molecule has 0 spiro atoms. The Morgan fingerprint density at radius 2 is 1.06 bits per heavy atom. The molecule has 0 amide bonds. The van der Waals surface area contributed by atoms with E-state index in [4.69, 9.17) is 28.9 Å². The summed E-state index contributed by atoms with van der Waals surface area (Å²) >= 11 is 0. The molecule has 11 aromatic carbocycles. The van der Waals surface area contributed by atoms with E-state index in [9.17, 15) is 19.2 Å². The summed E-state index contributed by atoms with van der Waals surface area (Å²) in [6.07, 6.45) is 4.63. The van der Waals surface area contributed by atoms with Gasteiger partial charge in [-0.3, -0.25) is 4.57 Å². The number of benzene rings is 11. The zero-order valence-electron chi connectivity index (χ0n) is 76.1. The summed E-state index contributed by atoms with van der Waals surface area (Å²) in [6.45, 7) is 9.31. The van der Waals surface area contributed by atoms with Gasteiger partial charge in [-0.25, -0.2) is 4.98 Å². The van der Waals surface area contributed by atoms with Crippen molar-refractivity contribution in [3.63, 3.8) is 0 Å². The zero-order valence-corrected chi connectivity index (χ0v) is 51.3. The number of imidazole rings is 1. The predicted molar refractivity (Wildman–Crippen MR) is 362 cm³/mol. The molecule has 0 atom stereocenters. The Morgan fingerprint density at radius 3 is 1.66 bits per heavy atom. The maximum absolute atomic E-state index is 9.91. The standard InChI is InChI=1S/C81H66N4OSi.Pt/c1-56-47-78(82-54-73(56)58-29-15-9-16-30-58)85-74-42-24-23-39-71(74)72-45-43-64(52-76(72)85)86-63-32-25-31-62(51-63)83-55-84(79-69(57-27-13-8-14-28-57)40-26-41-70(79)59-48-60(80(2,3)4)50-61(49-59)81(5,6)7)75-46-44-68(53-77(75)83)87(65-33-17-10-18-34-65,66-35-19-11-20-36-66)67-37-21-12-22-38-67;/h8-50,53-54H,1-7H3;/q-2;/i1D3,8D,9D,10D,11D,12D,13D,14D,15D,16D,17D,18D,19D,20D,21D,22D,27D,28D,29D,30D,33D,34D,35D,36D,37D,38D;. The molecule has 432 valence electrons. The second-order valence-corrected chi connectivity index (χ2v) is 26.3. The SMILES string of the molecule is [2H]c1c([2H])c([2H])c(-c2cnc(-n3c4[c-]c(Oc5[c-]c(-n6[c-][n+](-c7c(-c8cc(C(C)(C)C)cc(C(C)(C)C)c8)cccc7-c7c([2H])c([2H])c([2H])c([2H])c7[2H])c7ccc([Si](c8c([2H])c([2H])c([2H])c([2H])c8[2H])(c8c([2H])c([2H])c([2H])c([2H])c8[2H])c8c([2H])c([2H])c([2H])c([2H])c8[2H])cc76)ccc5)ccc4c4ccccc43)cc2C([2H])([2H])[2H])c([2H])c1[2H].[Pt]. The average molecular weight is 1360 g/mol. The van der Waals surface area contributed by atoms with Crippen molar-refractivity contribution in [2.24, 2.45) is 0 Å². The van der Waals surface area contributed by atoms with E-state index in [-0.39, 0.29) is 93.8 Å². The Hall–Kier alpha value is -9.45. The molecule has 0 aliphatic carbocycles. The Morgan fingerprint density at radius 1 is 0.500 bits per heavy atom. The number of hydrogen-bond acceptors (Lipinski definition) is 2. The van der Waals surface area contributed by atoms with Gasteiger partial charge in [0.2, 0.25) is 0 Å². The Kier molecular flexibility index (Phi) is 8.91. The smallest absolute Gasteiger partial charge is 0.268 e. The minimum Gasteiger partial charge on any atom is -0.510 e. The van der Waals surface area contributed by atoms with Crippen molar-refractivity contribution in [3.8, 4) is 62.1 Å². The molecule has 0 fully saturated rings. The summed E-state index contributed by atoms with van der Waals surface area (Å²) in [6, 6.07) is 17.1. The van der Waals surface area contributed by atoms with Crippen molar-refractivity contribution in [3.05, 3.63) is 308 Å². The van der Waals surface area contributed by atoms with Gasteiger partial charge in [-0.15, -0.1) is 29.7 Å². The van der Waals surface area contributed by atoms with Gasteiger partial charge in [0.1, 0.15) is 5.82 Å². The monoisotopic (exact) mass is 1360 g/mol. The van der Waals surface area contributed by atoms with E-state index in [1.807, 2.05) is 59.7 Å². The fraction of sp³-hybridized carbons (Fsp3) is 0.111. The molecule has 3 heterocycles. The largest absolute Gasteiger partial charge is 0.510 e. The summed E-state index contributed by atoms with van der Waals surface area (Å²) in [5, 5.41) is -1.33. The third kappa shape index (κ3) is 10.4.